The monoisotopic (exact) mass is 220 g/mol. The number of pyridine rings is 1. The lowest BCUT2D eigenvalue weighted by molar-refractivity contribution is 0.818. The second-order valence-electron chi connectivity index (χ2n) is 4.49. The van der Waals surface area contributed by atoms with Gasteiger partial charge in [-0.25, -0.2) is 0 Å². The average Bonchev–Trinajstić information content (AvgIpc) is 2.63. The highest BCUT2D eigenvalue weighted by atomic mass is 32.1. The van der Waals surface area contributed by atoms with E-state index >= 15 is 0 Å². The second-order valence-corrected chi connectivity index (χ2v) is 5.11. The van der Waals surface area contributed by atoms with Gasteiger partial charge in [-0.2, -0.15) is 4.37 Å². The van der Waals surface area contributed by atoms with E-state index in [1.165, 1.54) is 28.2 Å². The van der Waals surface area contributed by atoms with Crippen LogP contribution in [0.4, 0.5) is 0 Å². The van der Waals surface area contributed by atoms with Crippen molar-refractivity contribution >= 4 is 22.4 Å². The first-order chi connectivity index (χ1) is 7.11. The number of fused-ring (bicyclic) bond motifs is 1. The summed E-state index contributed by atoms with van der Waals surface area (Å²) in [5.41, 5.74) is 3.58. The van der Waals surface area contributed by atoms with Gasteiger partial charge in [-0.05, 0) is 23.4 Å². The Morgan fingerprint density at radius 1 is 1.13 bits per heavy atom. The largest absolute Gasteiger partial charge is 0.260 e. The lowest BCUT2D eigenvalue weighted by atomic mass is 9.99. The Labute approximate surface area is 94.5 Å². The molecular weight excluding hydrogens is 204 g/mol. The zero-order valence-corrected chi connectivity index (χ0v) is 10.4. The van der Waals surface area contributed by atoms with E-state index in [1.54, 1.807) is 0 Å². The van der Waals surface area contributed by atoms with Crippen LogP contribution in [0, 0.1) is 0 Å². The number of hydrogen-bond acceptors (Lipinski definition) is 3. The van der Waals surface area contributed by atoms with Crippen molar-refractivity contribution in [3.8, 4) is 0 Å². The molecule has 0 bridgehead atoms. The Balaban J connectivity index is 2.71. The Hall–Kier alpha value is -0.960. The minimum absolute atomic E-state index is 0.463. The Bertz CT molecular complexity index is 429. The standard InChI is InChI=1S/C12H16N2S/c1-7(2)9-5-13-11(8(3)4)10-6-15-14-12(9)10/h5-8H,1-4H3. The molecule has 0 unspecified atom stereocenters. The van der Waals surface area contributed by atoms with Crippen LogP contribution in [0.25, 0.3) is 10.9 Å². The van der Waals surface area contributed by atoms with Gasteiger partial charge >= 0.3 is 0 Å². The number of aromatic nitrogens is 2. The maximum atomic E-state index is 4.57. The summed E-state index contributed by atoms with van der Waals surface area (Å²) in [5, 5.41) is 3.35. The van der Waals surface area contributed by atoms with E-state index in [0.717, 1.165) is 5.52 Å². The summed E-state index contributed by atoms with van der Waals surface area (Å²) in [7, 11) is 0. The fourth-order valence-electron chi connectivity index (χ4n) is 1.78. The maximum absolute atomic E-state index is 4.57. The second kappa shape index (κ2) is 3.89. The highest BCUT2D eigenvalue weighted by molar-refractivity contribution is 7.04. The van der Waals surface area contributed by atoms with E-state index in [4.69, 9.17) is 0 Å². The molecule has 2 heterocycles. The fourth-order valence-corrected chi connectivity index (χ4v) is 2.48. The molecule has 0 aliphatic rings. The topological polar surface area (TPSA) is 25.8 Å². The maximum Gasteiger partial charge on any atom is 0.0909 e. The van der Waals surface area contributed by atoms with Gasteiger partial charge in [-0.15, -0.1) is 0 Å². The van der Waals surface area contributed by atoms with Gasteiger partial charge in [-0.3, -0.25) is 4.98 Å². The molecule has 2 rings (SSSR count). The molecule has 3 heteroatoms. The van der Waals surface area contributed by atoms with Crippen LogP contribution >= 0.6 is 11.5 Å². The molecule has 2 aromatic heterocycles. The van der Waals surface area contributed by atoms with Crippen molar-refractivity contribution < 1.29 is 0 Å². The summed E-state index contributed by atoms with van der Waals surface area (Å²) >= 11 is 1.53. The predicted molar refractivity (Wildman–Crippen MR) is 65.6 cm³/mol. The van der Waals surface area contributed by atoms with Gasteiger partial charge in [0.05, 0.1) is 11.2 Å². The number of nitrogens with zero attached hydrogens (tertiary/aromatic N) is 2. The van der Waals surface area contributed by atoms with Gasteiger partial charge in [0, 0.05) is 22.5 Å². The van der Waals surface area contributed by atoms with E-state index in [9.17, 15) is 0 Å². The van der Waals surface area contributed by atoms with Crippen LogP contribution in [0.15, 0.2) is 11.6 Å². The first-order valence-corrected chi connectivity index (χ1v) is 6.17. The molecule has 0 aliphatic carbocycles. The van der Waals surface area contributed by atoms with Crippen molar-refractivity contribution in [2.45, 2.75) is 39.5 Å². The van der Waals surface area contributed by atoms with Crippen LogP contribution in [-0.4, -0.2) is 9.36 Å². The molecule has 0 saturated carbocycles. The zero-order valence-electron chi connectivity index (χ0n) is 9.61. The molecule has 2 aromatic rings. The summed E-state index contributed by atoms with van der Waals surface area (Å²) in [5.74, 6) is 0.952. The molecule has 0 spiro atoms. The van der Waals surface area contributed by atoms with E-state index in [-0.39, 0.29) is 0 Å². The Kier molecular flexibility index (Phi) is 2.74. The van der Waals surface area contributed by atoms with Crippen LogP contribution in [0.1, 0.15) is 50.8 Å². The summed E-state index contributed by atoms with van der Waals surface area (Å²) in [4.78, 5) is 4.57. The quantitative estimate of drug-likeness (QED) is 0.766. The van der Waals surface area contributed by atoms with Gasteiger partial charge in [0.1, 0.15) is 0 Å². The van der Waals surface area contributed by atoms with Gasteiger partial charge < -0.3 is 0 Å². The predicted octanol–water partition coefficient (Wildman–Crippen LogP) is 3.94. The van der Waals surface area contributed by atoms with Crippen LogP contribution in [0.3, 0.4) is 0 Å². The van der Waals surface area contributed by atoms with Crippen molar-refractivity contribution in [1.82, 2.24) is 9.36 Å². The third-order valence-electron chi connectivity index (χ3n) is 2.63. The van der Waals surface area contributed by atoms with Crippen LogP contribution in [0.2, 0.25) is 0 Å². The van der Waals surface area contributed by atoms with Crippen molar-refractivity contribution in [2.24, 2.45) is 0 Å². The molecule has 0 saturated heterocycles. The normalized spacial score (nSPS) is 11.9. The number of hydrogen-bond donors (Lipinski definition) is 0. The molecule has 0 atom stereocenters. The molecular formula is C12H16N2S. The molecule has 0 aromatic carbocycles. The van der Waals surface area contributed by atoms with Crippen molar-refractivity contribution in [1.29, 1.82) is 0 Å². The highest BCUT2D eigenvalue weighted by Crippen LogP contribution is 2.29. The third-order valence-corrected chi connectivity index (χ3v) is 3.26. The van der Waals surface area contributed by atoms with Crippen LogP contribution in [-0.2, 0) is 0 Å². The van der Waals surface area contributed by atoms with Crippen molar-refractivity contribution in [3.05, 3.63) is 22.8 Å². The minimum atomic E-state index is 0.463. The zero-order chi connectivity index (χ0) is 11.0. The smallest absolute Gasteiger partial charge is 0.0909 e. The van der Waals surface area contributed by atoms with Crippen LogP contribution < -0.4 is 0 Å². The average molecular weight is 220 g/mol. The first-order valence-electron chi connectivity index (χ1n) is 5.34. The molecule has 0 aliphatic heterocycles. The SMILES string of the molecule is CC(C)c1ncc(C(C)C)c2nscc12. The van der Waals surface area contributed by atoms with Crippen molar-refractivity contribution in [2.75, 3.05) is 0 Å². The van der Waals surface area contributed by atoms with E-state index in [1.807, 2.05) is 6.20 Å². The van der Waals surface area contributed by atoms with E-state index < -0.39 is 0 Å². The Morgan fingerprint density at radius 2 is 1.87 bits per heavy atom. The number of rotatable bonds is 2. The summed E-state index contributed by atoms with van der Waals surface area (Å²) in [6, 6.07) is 0. The molecule has 0 fully saturated rings. The lowest BCUT2D eigenvalue weighted by Crippen LogP contribution is -1.97. The third kappa shape index (κ3) is 1.76. The summed E-state index contributed by atoms with van der Waals surface area (Å²) < 4.78 is 4.48. The molecule has 15 heavy (non-hydrogen) atoms. The lowest BCUT2D eigenvalue weighted by Gasteiger charge is -2.10. The van der Waals surface area contributed by atoms with Gasteiger partial charge in [0.15, 0.2) is 0 Å². The molecule has 2 nitrogen and oxygen atoms in total. The van der Waals surface area contributed by atoms with Gasteiger partial charge in [0.2, 0.25) is 0 Å². The van der Waals surface area contributed by atoms with Crippen molar-refractivity contribution in [3.63, 3.8) is 0 Å². The Morgan fingerprint density at radius 3 is 2.47 bits per heavy atom. The summed E-state index contributed by atoms with van der Waals surface area (Å²) in [6.07, 6.45) is 1.99. The molecule has 0 N–H and O–H groups in total. The molecule has 80 valence electrons. The summed E-state index contributed by atoms with van der Waals surface area (Å²) in [6.45, 7) is 8.72. The minimum Gasteiger partial charge on any atom is -0.260 e. The molecule has 0 amide bonds. The highest BCUT2D eigenvalue weighted by Gasteiger charge is 2.13. The first kappa shape index (κ1) is 10.6. The van der Waals surface area contributed by atoms with Crippen LogP contribution in [0.5, 0.6) is 0 Å². The fraction of sp³-hybridized carbons (Fsp3) is 0.500. The van der Waals surface area contributed by atoms with E-state index in [2.05, 4.69) is 42.4 Å². The van der Waals surface area contributed by atoms with Gasteiger partial charge in [0.25, 0.3) is 0 Å². The van der Waals surface area contributed by atoms with E-state index in [0.29, 0.717) is 11.8 Å². The molecule has 0 radical (unpaired) electrons. The van der Waals surface area contributed by atoms with Gasteiger partial charge in [-0.1, -0.05) is 27.7 Å².